The molecule has 0 atom stereocenters. The molecule has 3 heterocycles. The van der Waals surface area contributed by atoms with Gasteiger partial charge in [0.25, 0.3) is 0 Å². The van der Waals surface area contributed by atoms with Crippen LogP contribution in [0.2, 0.25) is 0 Å². The van der Waals surface area contributed by atoms with Crippen molar-refractivity contribution >= 4 is 23.3 Å². The zero-order chi connectivity index (χ0) is 16.5. The fourth-order valence-electron chi connectivity index (χ4n) is 2.99. The van der Waals surface area contributed by atoms with E-state index in [0.717, 1.165) is 41.4 Å². The molecule has 6 nitrogen and oxygen atoms in total. The summed E-state index contributed by atoms with van der Waals surface area (Å²) >= 11 is 0. The molecule has 0 unspecified atom stereocenters. The summed E-state index contributed by atoms with van der Waals surface area (Å²) in [7, 11) is 0. The van der Waals surface area contributed by atoms with Crippen LogP contribution >= 0.6 is 0 Å². The quantitative estimate of drug-likeness (QED) is 0.709. The van der Waals surface area contributed by atoms with Gasteiger partial charge in [0.2, 0.25) is 6.41 Å². The van der Waals surface area contributed by atoms with E-state index in [2.05, 4.69) is 16.0 Å². The van der Waals surface area contributed by atoms with Crippen LogP contribution in [0.15, 0.2) is 36.8 Å². The maximum atomic E-state index is 11.5. The first-order chi connectivity index (χ1) is 11.8. The van der Waals surface area contributed by atoms with Crippen molar-refractivity contribution in [1.29, 1.82) is 5.26 Å². The SMILES string of the molecule is N#CCCn1ccc(-c2cc(N(C=O)C3CC3)nc3[nH]ccc23)c1. The van der Waals surface area contributed by atoms with Crippen molar-refractivity contribution in [3.05, 3.63) is 36.8 Å². The molecule has 0 spiro atoms. The minimum atomic E-state index is 0.274. The maximum Gasteiger partial charge on any atom is 0.215 e. The molecule has 4 rings (SSSR count). The summed E-state index contributed by atoms with van der Waals surface area (Å²) in [6.45, 7) is 0.674. The van der Waals surface area contributed by atoms with Crippen molar-refractivity contribution in [2.75, 3.05) is 4.90 Å². The molecule has 0 aliphatic heterocycles. The summed E-state index contributed by atoms with van der Waals surface area (Å²) < 4.78 is 2.01. The number of anilines is 1. The van der Waals surface area contributed by atoms with E-state index in [1.165, 1.54) is 0 Å². The third kappa shape index (κ3) is 2.54. The number of nitrogens with one attached hydrogen (secondary N) is 1. The summed E-state index contributed by atoms with van der Waals surface area (Å²) in [5.74, 6) is 0.683. The number of nitriles is 1. The van der Waals surface area contributed by atoms with Crippen LogP contribution in [0.25, 0.3) is 22.2 Å². The molecule has 1 N–H and O–H groups in total. The molecule has 1 saturated carbocycles. The van der Waals surface area contributed by atoms with Crippen molar-refractivity contribution in [2.24, 2.45) is 0 Å². The van der Waals surface area contributed by atoms with E-state index < -0.39 is 0 Å². The number of aromatic amines is 1. The van der Waals surface area contributed by atoms with Crippen LogP contribution in [-0.4, -0.2) is 27.0 Å². The van der Waals surface area contributed by atoms with Crippen molar-refractivity contribution in [3.63, 3.8) is 0 Å². The Morgan fingerprint density at radius 3 is 3.08 bits per heavy atom. The topological polar surface area (TPSA) is 77.7 Å². The lowest BCUT2D eigenvalue weighted by molar-refractivity contribution is -0.107. The van der Waals surface area contributed by atoms with Crippen LogP contribution in [0.3, 0.4) is 0 Å². The van der Waals surface area contributed by atoms with E-state index in [-0.39, 0.29) is 6.04 Å². The highest BCUT2D eigenvalue weighted by Crippen LogP contribution is 2.35. The van der Waals surface area contributed by atoms with Crippen molar-refractivity contribution < 1.29 is 4.79 Å². The average molecular weight is 319 g/mol. The molecule has 3 aromatic heterocycles. The molecule has 0 saturated heterocycles. The minimum Gasteiger partial charge on any atom is -0.353 e. The second-order valence-corrected chi connectivity index (χ2v) is 6.06. The van der Waals surface area contributed by atoms with E-state index in [1.54, 1.807) is 4.90 Å². The van der Waals surface area contributed by atoms with Gasteiger partial charge in [0.05, 0.1) is 12.5 Å². The number of pyridine rings is 1. The molecule has 0 aromatic carbocycles. The van der Waals surface area contributed by atoms with Crippen LogP contribution in [-0.2, 0) is 11.3 Å². The number of aryl methyl sites for hydroxylation is 1. The molecule has 1 aliphatic rings. The van der Waals surface area contributed by atoms with E-state index in [9.17, 15) is 4.79 Å². The van der Waals surface area contributed by atoms with Gasteiger partial charge in [0, 0.05) is 42.1 Å². The van der Waals surface area contributed by atoms with Gasteiger partial charge in [-0.1, -0.05) is 0 Å². The Morgan fingerprint density at radius 1 is 1.46 bits per heavy atom. The summed E-state index contributed by atoms with van der Waals surface area (Å²) in [4.78, 5) is 20.9. The number of rotatable bonds is 6. The molecule has 1 amide bonds. The zero-order valence-corrected chi connectivity index (χ0v) is 13.1. The summed E-state index contributed by atoms with van der Waals surface area (Å²) in [5, 5.41) is 9.76. The molecule has 120 valence electrons. The first-order valence-corrected chi connectivity index (χ1v) is 8.05. The van der Waals surface area contributed by atoms with Gasteiger partial charge in [-0.05, 0) is 36.6 Å². The van der Waals surface area contributed by atoms with Gasteiger partial charge >= 0.3 is 0 Å². The lowest BCUT2D eigenvalue weighted by Gasteiger charge is -2.16. The summed E-state index contributed by atoms with van der Waals surface area (Å²) in [6.07, 6.45) is 9.29. The first-order valence-electron chi connectivity index (χ1n) is 8.05. The first kappa shape index (κ1) is 14.5. The molecule has 1 aliphatic carbocycles. The molecule has 24 heavy (non-hydrogen) atoms. The summed E-state index contributed by atoms with van der Waals surface area (Å²) in [6, 6.07) is 8.44. The Labute approximate surface area is 139 Å². The van der Waals surface area contributed by atoms with Crippen molar-refractivity contribution in [2.45, 2.75) is 31.8 Å². The van der Waals surface area contributed by atoms with Gasteiger partial charge < -0.3 is 9.55 Å². The molecular formula is C18H17N5O. The number of nitrogens with zero attached hydrogens (tertiary/aromatic N) is 4. The fraction of sp³-hybridized carbons (Fsp3) is 0.278. The van der Waals surface area contributed by atoms with Gasteiger partial charge in [0.15, 0.2) is 0 Å². The van der Waals surface area contributed by atoms with Gasteiger partial charge in [-0.15, -0.1) is 0 Å². The number of hydrogen-bond acceptors (Lipinski definition) is 3. The highest BCUT2D eigenvalue weighted by Gasteiger charge is 2.30. The number of carbonyl (C=O) groups is 1. The fourth-order valence-corrected chi connectivity index (χ4v) is 2.99. The smallest absolute Gasteiger partial charge is 0.215 e. The third-order valence-corrected chi connectivity index (χ3v) is 4.38. The number of aromatic nitrogens is 3. The van der Waals surface area contributed by atoms with Crippen LogP contribution in [0.5, 0.6) is 0 Å². The van der Waals surface area contributed by atoms with Gasteiger partial charge in [-0.3, -0.25) is 9.69 Å². The number of H-pyrrole nitrogens is 1. The van der Waals surface area contributed by atoms with Crippen molar-refractivity contribution in [3.8, 4) is 17.2 Å². The second kappa shape index (κ2) is 5.85. The Hall–Kier alpha value is -3.07. The normalized spacial score (nSPS) is 13.8. The Kier molecular flexibility index (Phi) is 3.54. The predicted molar refractivity (Wildman–Crippen MR) is 91.3 cm³/mol. The molecule has 0 radical (unpaired) electrons. The van der Waals surface area contributed by atoms with Crippen LogP contribution < -0.4 is 4.90 Å². The Balaban J connectivity index is 1.78. The van der Waals surface area contributed by atoms with Gasteiger partial charge in [-0.25, -0.2) is 4.98 Å². The molecule has 6 heteroatoms. The van der Waals surface area contributed by atoms with Crippen LogP contribution in [0.1, 0.15) is 19.3 Å². The molecular weight excluding hydrogens is 302 g/mol. The molecule has 3 aromatic rings. The molecule has 1 fully saturated rings. The van der Waals surface area contributed by atoms with Crippen molar-refractivity contribution in [1.82, 2.24) is 14.5 Å². The summed E-state index contributed by atoms with van der Waals surface area (Å²) in [5.41, 5.74) is 2.88. The van der Waals surface area contributed by atoms with Gasteiger partial charge in [-0.2, -0.15) is 5.26 Å². The average Bonchev–Trinajstić information content (AvgIpc) is 3.12. The number of hydrogen-bond donors (Lipinski definition) is 1. The van der Waals surface area contributed by atoms with Crippen LogP contribution in [0.4, 0.5) is 5.82 Å². The van der Waals surface area contributed by atoms with Crippen LogP contribution in [0, 0.1) is 11.3 Å². The standard InChI is InChI=1S/C18H17N5O/c19-6-1-8-22-9-5-13(11-22)16-10-17(23(12-24)14-2-3-14)21-18-15(16)4-7-20-18/h4-5,7,9-12,14H,1-3,8H2,(H,20,21). The predicted octanol–water partition coefficient (Wildman–Crippen LogP) is 3.07. The number of fused-ring (bicyclic) bond motifs is 1. The monoisotopic (exact) mass is 319 g/mol. The lowest BCUT2D eigenvalue weighted by Crippen LogP contribution is -2.24. The maximum absolute atomic E-state index is 11.5. The van der Waals surface area contributed by atoms with E-state index >= 15 is 0 Å². The second-order valence-electron chi connectivity index (χ2n) is 6.06. The van der Waals surface area contributed by atoms with Gasteiger partial charge in [0.1, 0.15) is 11.5 Å². The zero-order valence-electron chi connectivity index (χ0n) is 13.1. The third-order valence-electron chi connectivity index (χ3n) is 4.38. The molecule has 0 bridgehead atoms. The number of carbonyl (C=O) groups excluding carboxylic acids is 1. The number of amides is 1. The highest BCUT2D eigenvalue weighted by molar-refractivity contribution is 5.96. The highest BCUT2D eigenvalue weighted by atomic mass is 16.1. The minimum absolute atomic E-state index is 0.274. The van der Waals surface area contributed by atoms with E-state index in [1.807, 2.05) is 41.4 Å². The van der Waals surface area contributed by atoms with E-state index in [4.69, 9.17) is 5.26 Å². The largest absolute Gasteiger partial charge is 0.353 e. The Morgan fingerprint density at radius 2 is 2.33 bits per heavy atom. The Bertz CT molecular complexity index is 928. The lowest BCUT2D eigenvalue weighted by atomic mass is 10.1. The van der Waals surface area contributed by atoms with E-state index in [0.29, 0.717) is 18.8 Å².